The molecule has 0 atom stereocenters. The van der Waals surface area contributed by atoms with Crippen LogP contribution < -0.4 is 0 Å². The van der Waals surface area contributed by atoms with Gasteiger partial charge in [0.15, 0.2) is 0 Å². The maximum Gasteiger partial charge on any atom is 0.105 e. The summed E-state index contributed by atoms with van der Waals surface area (Å²) >= 11 is 0. The van der Waals surface area contributed by atoms with E-state index in [2.05, 4.69) is 35.5 Å². The number of likely N-dealkylation sites (N-methyl/N-ethyl adjacent to an activating group) is 1. The Bertz CT molecular complexity index is 231. The Kier molecular flexibility index (Phi) is 2.87. The smallest absolute Gasteiger partial charge is 0.105 e. The average Bonchev–Trinajstić information content (AvgIpc) is 2.28. The lowest BCUT2D eigenvalue weighted by Gasteiger charge is -2.12. The number of hydrogen-bond donors (Lipinski definition) is 0. The molecular formula is C9H17N3. The molecule has 0 aromatic carbocycles. The van der Waals surface area contributed by atoms with Crippen LogP contribution in [0.5, 0.6) is 0 Å². The highest BCUT2D eigenvalue weighted by Crippen LogP contribution is 2.02. The molecule has 0 aliphatic carbocycles. The third kappa shape index (κ3) is 2.08. The molecule has 0 spiro atoms. The van der Waals surface area contributed by atoms with Crippen LogP contribution in [0.2, 0.25) is 0 Å². The standard InChI is InChI=1S/C9H17N3/c1-8-7-10-9(2)12(8)6-5-11(3)4/h7H,5-6H2,1-4H3. The minimum atomic E-state index is 1.03. The summed E-state index contributed by atoms with van der Waals surface area (Å²) in [5.74, 6) is 1.11. The van der Waals surface area contributed by atoms with Gasteiger partial charge in [-0.15, -0.1) is 0 Å². The lowest BCUT2D eigenvalue weighted by molar-refractivity contribution is 0.380. The molecule has 0 amide bonds. The Balaban J connectivity index is 2.62. The van der Waals surface area contributed by atoms with Crippen molar-refractivity contribution in [1.29, 1.82) is 0 Å². The van der Waals surface area contributed by atoms with Gasteiger partial charge in [0.1, 0.15) is 5.82 Å². The monoisotopic (exact) mass is 167 g/mol. The van der Waals surface area contributed by atoms with E-state index in [1.54, 1.807) is 0 Å². The zero-order chi connectivity index (χ0) is 9.14. The van der Waals surface area contributed by atoms with E-state index in [0.717, 1.165) is 18.9 Å². The highest BCUT2D eigenvalue weighted by Gasteiger charge is 2.01. The molecule has 0 unspecified atom stereocenters. The maximum absolute atomic E-state index is 4.24. The fourth-order valence-electron chi connectivity index (χ4n) is 1.22. The summed E-state index contributed by atoms with van der Waals surface area (Å²) in [6.07, 6.45) is 1.92. The average molecular weight is 167 g/mol. The first-order valence-electron chi connectivity index (χ1n) is 4.24. The van der Waals surface area contributed by atoms with Gasteiger partial charge in [-0.1, -0.05) is 0 Å². The number of aryl methyl sites for hydroxylation is 2. The van der Waals surface area contributed by atoms with Gasteiger partial charge in [0.2, 0.25) is 0 Å². The van der Waals surface area contributed by atoms with Gasteiger partial charge >= 0.3 is 0 Å². The van der Waals surface area contributed by atoms with Gasteiger partial charge in [-0.2, -0.15) is 0 Å². The third-order valence-electron chi connectivity index (χ3n) is 2.03. The normalized spacial score (nSPS) is 11.1. The van der Waals surface area contributed by atoms with Crippen LogP contribution in [0, 0.1) is 13.8 Å². The lowest BCUT2D eigenvalue weighted by Crippen LogP contribution is -2.19. The van der Waals surface area contributed by atoms with E-state index in [9.17, 15) is 0 Å². The minimum absolute atomic E-state index is 1.03. The second-order valence-corrected chi connectivity index (χ2v) is 3.40. The summed E-state index contributed by atoms with van der Waals surface area (Å²) in [6, 6.07) is 0. The molecule has 1 aromatic heterocycles. The third-order valence-corrected chi connectivity index (χ3v) is 2.03. The first-order chi connectivity index (χ1) is 5.61. The van der Waals surface area contributed by atoms with Gasteiger partial charge in [0.25, 0.3) is 0 Å². The van der Waals surface area contributed by atoms with Gasteiger partial charge in [0.05, 0.1) is 0 Å². The highest BCUT2D eigenvalue weighted by molar-refractivity contribution is 5.01. The van der Waals surface area contributed by atoms with Crippen molar-refractivity contribution in [3.05, 3.63) is 17.7 Å². The molecule has 0 radical (unpaired) electrons. The van der Waals surface area contributed by atoms with Crippen LogP contribution in [0.25, 0.3) is 0 Å². The van der Waals surface area contributed by atoms with Gasteiger partial charge in [-0.3, -0.25) is 0 Å². The molecule has 1 heterocycles. The van der Waals surface area contributed by atoms with E-state index in [0.29, 0.717) is 0 Å². The zero-order valence-corrected chi connectivity index (χ0v) is 8.33. The van der Waals surface area contributed by atoms with Crippen LogP contribution in [0.15, 0.2) is 6.20 Å². The van der Waals surface area contributed by atoms with Crippen molar-refractivity contribution in [3.8, 4) is 0 Å². The van der Waals surface area contributed by atoms with E-state index in [4.69, 9.17) is 0 Å². The predicted octanol–water partition coefficient (Wildman–Crippen LogP) is 1.06. The Labute approximate surface area is 74.0 Å². The van der Waals surface area contributed by atoms with Crippen molar-refractivity contribution in [2.24, 2.45) is 0 Å². The Morgan fingerprint density at radius 2 is 2.08 bits per heavy atom. The molecule has 0 aliphatic rings. The van der Waals surface area contributed by atoms with Crippen LogP contribution in [0.3, 0.4) is 0 Å². The summed E-state index contributed by atoms with van der Waals surface area (Å²) in [6.45, 7) is 6.24. The van der Waals surface area contributed by atoms with E-state index in [-0.39, 0.29) is 0 Å². The van der Waals surface area contributed by atoms with Crippen LogP contribution in [-0.2, 0) is 6.54 Å². The molecular weight excluding hydrogens is 150 g/mol. The fourth-order valence-corrected chi connectivity index (χ4v) is 1.22. The number of hydrogen-bond acceptors (Lipinski definition) is 2. The molecule has 0 bridgehead atoms. The summed E-state index contributed by atoms with van der Waals surface area (Å²) in [7, 11) is 4.17. The predicted molar refractivity (Wildman–Crippen MR) is 50.3 cm³/mol. The van der Waals surface area contributed by atoms with Crippen molar-refractivity contribution in [2.45, 2.75) is 20.4 Å². The molecule has 3 nitrogen and oxygen atoms in total. The fraction of sp³-hybridized carbons (Fsp3) is 0.667. The number of nitrogens with zero attached hydrogens (tertiary/aromatic N) is 3. The molecule has 0 N–H and O–H groups in total. The Morgan fingerprint density at radius 1 is 1.42 bits per heavy atom. The Hall–Kier alpha value is -0.830. The molecule has 1 aromatic rings. The van der Waals surface area contributed by atoms with E-state index < -0.39 is 0 Å². The molecule has 0 saturated carbocycles. The lowest BCUT2D eigenvalue weighted by atomic mass is 10.4. The van der Waals surface area contributed by atoms with E-state index in [1.807, 2.05) is 13.1 Å². The van der Waals surface area contributed by atoms with Crippen molar-refractivity contribution in [3.63, 3.8) is 0 Å². The molecule has 0 aliphatic heterocycles. The van der Waals surface area contributed by atoms with Crippen molar-refractivity contribution in [2.75, 3.05) is 20.6 Å². The molecule has 12 heavy (non-hydrogen) atoms. The quantitative estimate of drug-likeness (QED) is 0.671. The SMILES string of the molecule is Cc1cnc(C)n1CCN(C)C. The first kappa shape index (κ1) is 9.26. The zero-order valence-electron chi connectivity index (χ0n) is 8.33. The highest BCUT2D eigenvalue weighted by atomic mass is 15.1. The van der Waals surface area contributed by atoms with Crippen molar-refractivity contribution >= 4 is 0 Å². The molecule has 1 rings (SSSR count). The van der Waals surface area contributed by atoms with Gasteiger partial charge < -0.3 is 9.47 Å². The summed E-state index contributed by atoms with van der Waals surface area (Å²) in [4.78, 5) is 6.42. The van der Waals surface area contributed by atoms with Crippen LogP contribution >= 0.6 is 0 Å². The van der Waals surface area contributed by atoms with Gasteiger partial charge in [-0.25, -0.2) is 4.98 Å². The summed E-state index contributed by atoms with van der Waals surface area (Å²) < 4.78 is 2.24. The molecule has 68 valence electrons. The first-order valence-corrected chi connectivity index (χ1v) is 4.24. The summed E-state index contributed by atoms with van der Waals surface area (Å²) in [5, 5.41) is 0. The summed E-state index contributed by atoms with van der Waals surface area (Å²) in [5.41, 5.74) is 1.24. The second kappa shape index (κ2) is 3.72. The van der Waals surface area contributed by atoms with Crippen LogP contribution in [0.4, 0.5) is 0 Å². The molecule has 3 heteroatoms. The maximum atomic E-state index is 4.24. The van der Waals surface area contributed by atoms with Crippen LogP contribution in [0.1, 0.15) is 11.5 Å². The second-order valence-electron chi connectivity index (χ2n) is 3.40. The number of rotatable bonds is 3. The van der Waals surface area contributed by atoms with Crippen LogP contribution in [-0.4, -0.2) is 35.1 Å². The van der Waals surface area contributed by atoms with Crippen molar-refractivity contribution < 1.29 is 0 Å². The number of aromatic nitrogens is 2. The molecule has 0 fully saturated rings. The van der Waals surface area contributed by atoms with Gasteiger partial charge in [0, 0.05) is 25.0 Å². The van der Waals surface area contributed by atoms with Gasteiger partial charge in [-0.05, 0) is 27.9 Å². The van der Waals surface area contributed by atoms with Crippen molar-refractivity contribution in [1.82, 2.24) is 14.5 Å². The van der Waals surface area contributed by atoms with E-state index >= 15 is 0 Å². The largest absolute Gasteiger partial charge is 0.331 e. The Morgan fingerprint density at radius 3 is 2.50 bits per heavy atom. The topological polar surface area (TPSA) is 21.1 Å². The number of imidazole rings is 1. The minimum Gasteiger partial charge on any atom is -0.331 e. The van der Waals surface area contributed by atoms with E-state index in [1.165, 1.54) is 5.69 Å². The molecule has 0 saturated heterocycles.